The van der Waals surface area contributed by atoms with Crippen molar-refractivity contribution in [3.05, 3.63) is 52.3 Å². The minimum absolute atomic E-state index is 0.217. The van der Waals surface area contributed by atoms with Crippen LogP contribution in [0.5, 0.6) is 0 Å². The van der Waals surface area contributed by atoms with Crippen LogP contribution < -0.4 is 10.6 Å². The molecule has 1 heterocycles. The number of pyridine rings is 1. The molecule has 2 aromatic rings. The Hall–Kier alpha value is -1.88. The normalized spacial score (nSPS) is 10.2. The Morgan fingerprint density at radius 1 is 1.30 bits per heavy atom. The van der Waals surface area contributed by atoms with Crippen LogP contribution >= 0.6 is 15.9 Å². The van der Waals surface area contributed by atoms with Crippen LogP contribution in [0.3, 0.4) is 0 Å². The van der Waals surface area contributed by atoms with Crippen molar-refractivity contribution >= 4 is 33.2 Å². The maximum atomic E-state index is 12.2. The van der Waals surface area contributed by atoms with Gasteiger partial charge in [-0.3, -0.25) is 9.78 Å². The number of hydrogen-bond acceptors (Lipinski definition) is 3. The molecule has 2 N–H and O–H groups in total. The molecule has 0 atom stereocenters. The lowest BCUT2D eigenvalue weighted by Crippen LogP contribution is -2.14. The van der Waals surface area contributed by atoms with E-state index in [0.717, 1.165) is 28.0 Å². The second-order valence-electron chi connectivity index (χ2n) is 4.37. The lowest BCUT2D eigenvalue weighted by atomic mass is 10.2. The molecule has 0 bridgehead atoms. The largest absolute Gasteiger partial charge is 0.385 e. The molecule has 1 amide bonds. The first-order valence-corrected chi connectivity index (χ1v) is 7.17. The Bertz CT molecular complexity index is 628. The zero-order valence-corrected chi connectivity index (χ0v) is 13.0. The monoisotopic (exact) mass is 333 g/mol. The van der Waals surface area contributed by atoms with Crippen LogP contribution in [0.25, 0.3) is 0 Å². The number of aryl methyl sites for hydroxylation is 1. The smallest absolute Gasteiger partial charge is 0.274 e. The van der Waals surface area contributed by atoms with Crippen molar-refractivity contribution in [3.8, 4) is 0 Å². The van der Waals surface area contributed by atoms with Gasteiger partial charge in [-0.2, -0.15) is 0 Å². The SMILES string of the molecule is CCNc1ccnc(C(=O)Nc2cc(Br)ccc2C)c1. The molecule has 0 spiro atoms. The molecule has 1 aromatic carbocycles. The van der Waals surface area contributed by atoms with Gasteiger partial charge in [-0.15, -0.1) is 0 Å². The van der Waals surface area contributed by atoms with Gasteiger partial charge in [0.25, 0.3) is 5.91 Å². The quantitative estimate of drug-likeness (QED) is 0.893. The number of aromatic nitrogens is 1. The van der Waals surface area contributed by atoms with Crippen molar-refractivity contribution in [2.45, 2.75) is 13.8 Å². The van der Waals surface area contributed by atoms with Gasteiger partial charge < -0.3 is 10.6 Å². The van der Waals surface area contributed by atoms with Crippen LogP contribution in [-0.2, 0) is 0 Å². The summed E-state index contributed by atoms with van der Waals surface area (Å²) >= 11 is 3.40. The van der Waals surface area contributed by atoms with Crippen LogP contribution in [0.15, 0.2) is 41.0 Å². The number of carbonyl (C=O) groups excluding carboxylic acids is 1. The van der Waals surface area contributed by atoms with Gasteiger partial charge in [0.05, 0.1) is 0 Å². The Morgan fingerprint density at radius 2 is 2.10 bits per heavy atom. The first kappa shape index (κ1) is 14.5. The van der Waals surface area contributed by atoms with Crippen molar-refractivity contribution in [3.63, 3.8) is 0 Å². The lowest BCUT2D eigenvalue weighted by Gasteiger charge is -2.09. The molecule has 2 rings (SSSR count). The summed E-state index contributed by atoms with van der Waals surface area (Å²) in [6, 6.07) is 9.34. The highest BCUT2D eigenvalue weighted by Crippen LogP contribution is 2.21. The molecule has 4 nitrogen and oxygen atoms in total. The fourth-order valence-electron chi connectivity index (χ4n) is 1.78. The van der Waals surface area contributed by atoms with Gasteiger partial charge in [-0.1, -0.05) is 22.0 Å². The third-order valence-corrected chi connectivity index (χ3v) is 3.31. The van der Waals surface area contributed by atoms with Crippen LogP contribution in [0.1, 0.15) is 23.0 Å². The van der Waals surface area contributed by atoms with E-state index < -0.39 is 0 Å². The van der Waals surface area contributed by atoms with Crippen LogP contribution in [-0.4, -0.2) is 17.4 Å². The average molecular weight is 334 g/mol. The first-order valence-electron chi connectivity index (χ1n) is 6.37. The fraction of sp³-hybridized carbons (Fsp3) is 0.200. The molecular formula is C15H16BrN3O. The summed E-state index contributed by atoms with van der Waals surface area (Å²) in [5.41, 5.74) is 3.06. The van der Waals surface area contributed by atoms with E-state index in [-0.39, 0.29) is 5.91 Å². The van der Waals surface area contributed by atoms with E-state index in [4.69, 9.17) is 0 Å². The van der Waals surface area contributed by atoms with Crippen molar-refractivity contribution < 1.29 is 4.79 Å². The lowest BCUT2D eigenvalue weighted by molar-refractivity contribution is 0.102. The molecule has 0 saturated carbocycles. The summed E-state index contributed by atoms with van der Waals surface area (Å²) in [4.78, 5) is 16.3. The molecule has 0 radical (unpaired) electrons. The van der Waals surface area contributed by atoms with E-state index in [1.807, 2.05) is 38.1 Å². The second-order valence-corrected chi connectivity index (χ2v) is 5.29. The number of amides is 1. The third-order valence-electron chi connectivity index (χ3n) is 2.82. The maximum Gasteiger partial charge on any atom is 0.274 e. The van der Waals surface area contributed by atoms with E-state index in [2.05, 4.69) is 31.5 Å². The van der Waals surface area contributed by atoms with Crippen LogP contribution in [0.4, 0.5) is 11.4 Å². The number of halogens is 1. The zero-order valence-electron chi connectivity index (χ0n) is 11.4. The summed E-state index contributed by atoms with van der Waals surface area (Å²) < 4.78 is 0.924. The molecular weight excluding hydrogens is 318 g/mol. The molecule has 20 heavy (non-hydrogen) atoms. The number of benzene rings is 1. The summed E-state index contributed by atoms with van der Waals surface area (Å²) in [5.74, 6) is -0.217. The molecule has 104 valence electrons. The minimum atomic E-state index is -0.217. The van der Waals surface area contributed by atoms with E-state index in [9.17, 15) is 4.79 Å². The fourth-order valence-corrected chi connectivity index (χ4v) is 2.15. The Morgan fingerprint density at radius 3 is 2.85 bits per heavy atom. The van der Waals surface area contributed by atoms with Crippen molar-refractivity contribution in [2.24, 2.45) is 0 Å². The topological polar surface area (TPSA) is 54.0 Å². The summed E-state index contributed by atoms with van der Waals surface area (Å²) in [6.45, 7) is 4.76. The molecule has 0 aliphatic rings. The van der Waals surface area contributed by atoms with E-state index in [1.165, 1.54) is 0 Å². The highest BCUT2D eigenvalue weighted by atomic mass is 79.9. The predicted molar refractivity (Wildman–Crippen MR) is 85.2 cm³/mol. The molecule has 0 unspecified atom stereocenters. The van der Waals surface area contributed by atoms with E-state index in [0.29, 0.717) is 5.69 Å². The van der Waals surface area contributed by atoms with Gasteiger partial charge in [0, 0.05) is 28.6 Å². The Kier molecular flexibility index (Phi) is 4.74. The van der Waals surface area contributed by atoms with E-state index in [1.54, 1.807) is 12.3 Å². The van der Waals surface area contributed by atoms with Crippen molar-refractivity contribution in [2.75, 3.05) is 17.2 Å². The number of carbonyl (C=O) groups is 1. The number of nitrogens with one attached hydrogen (secondary N) is 2. The average Bonchev–Trinajstić information content (AvgIpc) is 2.43. The summed E-state index contributed by atoms with van der Waals surface area (Å²) in [7, 11) is 0. The molecule has 5 heteroatoms. The highest BCUT2D eigenvalue weighted by molar-refractivity contribution is 9.10. The predicted octanol–water partition coefficient (Wildman–Crippen LogP) is 3.84. The third kappa shape index (κ3) is 3.57. The second kappa shape index (κ2) is 6.52. The van der Waals surface area contributed by atoms with Crippen molar-refractivity contribution in [1.82, 2.24) is 4.98 Å². The highest BCUT2D eigenvalue weighted by Gasteiger charge is 2.10. The Labute approximate surface area is 126 Å². The van der Waals surface area contributed by atoms with Crippen molar-refractivity contribution in [1.29, 1.82) is 0 Å². The molecule has 1 aromatic heterocycles. The summed E-state index contributed by atoms with van der Waals surface area (Å²) in [6.07, 6.45) is 1.63. The number of anilines is 2. The van der Waals surface area contributed by atoms with Gasteiger partial charge in [0.2, 0.25) is 0 Å². The maximum absolute atomic E-state index is 12.2. The standard InChI is InChI=1S/C15H16BrN3O/c1-3-17-12-6-7-18-14(9-12)15(20)19-13-8-11(16)5-4-10(13)2/h4-9H,3H2,1-2H3,(H,17,18)(H,19,20). The van der Waals surface area contributed by atoms with Gasteiger partial charge in [-0.25, -0.2) is 0 Å². The van der Waals surface area contributed by atoms with Gasteiger partial charge in [-0.05, 0) is 43.7 Å². The van der Waals surface area contributed by atoms with Crippen LogP contribution in [0.2, 0.25) is 0 Å². The van der Waals surface area contributed by atoms with Gasteiger partial charge in [0.15, 0.2) is 0 Å². The van der Waals surface area contributed by atoms with Gasteiger partial charge >= 0.3 is 0 Å². The number of nitrogens with zero attached hydrogens (tertiary/aromatic N) is 1. The first-order chi connectivity index (χ1) is 9.60. The van der Waals surface area contributed by atoms with Gasteiger partial charge in [0.1, 0.15) is 5.69 Å². The molecule has 0 fully saturated rings. The molecule has 0 aliphatic heterocycles. The Balaban J connectivity index is 2.19. The minimum Gasteiger partial charge on any atom is -0.385 e. The number of hydrogen-bond donors (Lipinski definition) is 2. The summed E-state index contributed by atoms with van der Waals surface area (Å²) in [5, 5.41) is 6.04. The van der Waals surface area contributed by atoms with E-state index >= 15 is 0 Å². The number of rotatable bonds is 4. The zero-order chi connectivity index (χ0) is 14.5. The van der Waals surface area contributed by atoms with Crippen LogP contribution in [0, 0.1) is 6.92 Å². The molecule has 0 saturated heterocycles. The molecule has 0 aliphatic carbocycles.